The van der Waals surface area contributed by atoms with Crippen molar-refractivity contribution in [3.05, 3.63) is 67.6 Å². The van der Waals surface area contributed by atoms with E-state index in [0.717, 1.165) is 5.56 Å². The second kappa shape index (κ2) is 6.34. The topological polar surface area (TPSA) is 20.2 Å². The normalized spacial score (nSPS) is 12.5. The minimum absolute atomic E-state index is 0.423. The summed E-state index contributed by atoms with van der Waals surface area (Å²) < 4.78 is 0. The Morgan fingerprint density at radius 3 is 1.95 bits per heavy atom. The summed E-state index contributed by atoms with van der Waals surface area (Å²) in [6, 6.07) is 10.3. The third-order valence-electron chi connectivity index (χ3n) is 2.74. The molecule has 0 bridgehead atoms. The molecule has 2 aromatic rings. The molecule has 0 heterocycles. The molecule has 0 radical (unpaired) electrons. The molecule has 5 heteroatoms. The number of benzene rings is 2. The SMILES string of the molecule is OC(Cc1ccc(Cl)c(Cl)c1)c1ccc(Cl)c(Cl)c1. The van der Waals surface area contributed by atoms with Crippen LogP contribution in [-0.2, 0) is 6.42 Å². The number of hydrogen-bond acceptors (Lipinski definition) is 1. The van der Waals surface area contributed by atoms with Gasteiger partial charge >= 0.3 is 0 Å². The number of aliphatic hydroxyl groups is 1. The molecule has 1 N–H and O–H groups in total. The summed E-state index contributed by atoms with van der Waals surface area (Å²) in [4.78, 5) is 0. The van der Waals surface area contributed by atoms with Crippen molar-refractivity contribution in [2.45, 2.75) is 12.5 Å². The minimum atomic E-state index is -0.674. The van der Waals surface area contributed by atoms with Crippen molar-refractivity contribution in [2.75, 3.05) is 0 Å². The highest BCUT2D eigenvalue weighted by atomic mass is 35.5. The second-order valence-corrected chi connectivity index (χ2v) is 5.77. The van der Waals surface area contributed by atoms with Crippen LogP contribution in [0.3, 0.4) is 0 Å². The van der Waals surface area contributed by atoms with E-state index in [4.69, 9.17) is 46.4 Å². The summed E-state index contributed by atoms with van der Waals surface area (Å²) in [5, 5.41) is 12.0. The molecule has 0 spiro atoms. The van der Waals surface area contributed by atoms with E-state index in [0.29, 0.717) is 32.1 Å². The van der Waals surface area contributed by atoms with Crippen molar-refractivity contribution >= 4 is 46.4 Å². The molecule has 100 valence electrons. The first-order chi connectivity index (χ1) is 8.97. The van der Waals surface area contributed by atoms with E-state index >= 15 is 0 Å². The van der Waals surface area contributed by atoms with E-state index < -0.39 is 6.10 Å². The molecule has 0 aromatic heterocycles. The van der Waals surface area contributed by atoms with Gasteiger partial charge in [-0.1, -0.05) is 58.5 Å². The Morgan fingerprint density at radius 1 is 0.789 bits per heavy atom. The highest BCUT2D eigenvalue weighted by Crippen LogP contribution is 2.29. The van der Waals surface area contributed by atoms with Crippen LogP contribution < -0.4 is 0 Å². The zero-order valence-electron chi connectivity index (χ0n) is 9.71. The standard InChI is InChI=1S/C14H10Cl4O/c15-10-3-1-8(5-12(10)17)6-14(19)9-2-4-11(16)13(18)7-9/h1-5,7,14,19H,6H2. The molecule has 1 atom stereocenters. The van der Waals surface area contributed by atoms with Gasteiger partial charge in [-0.05, 0) is 35.4 Å². The van der Waals surface area contributed by atoms with Crippen molar-refractivity contribution in [3.8, 4) is 0 Å². The molecular formula is C14H10Cl4O. The van der Waals surface area contributed by atoms with Crippen LogP contribution in [0.4, 0.5) is 0 Å². The third kappa shape index (κ3) is 3.77. The molecule has 2 rings (SSSR count). The van der Waals surface area contributed by atoms with Gasteiger partial charge < -0.3 is 5.11 Å². The van der Waals surface area contributed by atoms with Crippen LogP contribution in [0.2, 0.25) is 20.1 Å². The maximum atomic E-state index is 10.2. The molecule has 2 aromatic carbocycles. The lowest BCUT2D eigenvalue weighted by Gasteiger charge is -2.12. The monoisotopic (exact) mass is 334 g/mol. The summed E-state index contributed by atoms with van der Waals surface area (Å²) in [5.74, 6) is 0. The minimum Gasteiger partial charge on any atom is -0.388 e. The summed E-state index contributed by atoms with van der Waals surface area (Å²) >= 11 is 23.5. The number of rotatable bonds is 3. The van der Waals surface area contributed by atoms with Crippen LogP contribution in [0.15, 0.2) is 36.4 Å². The average molecular weight is 336 g/mol. The Morgan fingerprint density at radius 2 is 1.37 bits per heavy atom. The lowest BCUT2D eigenvalue weighted by molar-refractivity contribution is 0.178. The Balaban J connectivity index is 2.17. The second-order valence-electron chi connectivity index (χ2n) is 4.14. The molecule has 0 aliphatic carbocycles. The Bertz CT molecular complexity index is 598. The van der Waals surface area contributed by atoms with Gasteiger partial charge in [-0.25, -0.2) is 0 Å². The van der Waals surface area contributed by atoms with Gasteiger partial charge in [0.25, 0.3) is 0 Å². The molecule has 0 saturated carbocycles. The third-order valence-corrected chi connectivity index (χ3v) is 4.22. The molecule has 0 saturated heterocycles. The fourth-order valence-electron chi connectivity index (χ4n) is 1.73. The van der Waals surface area contributed by atoms with Crippen LogP contribution >= 0.6 is 46.4 Å². The molecule has 1 unspecified atom stereocenters. The fraction of sp³-hybridized carbons (Fsp3) is 0.143. The van der Waals surface area contributed by atoms with Crippen molar-refractivity contribution in [2.24, 2.45) is 0 Å². The first-order valence-electron chi connectivity index (χ1n) is 5.54. The molecule has 0 aliphatic rings. The van der Waals surface area contributed by atoms with Crippen LogP contribution in [0.25, 0.3) is 0 Å². The summed E-state index contributed by atoms with van der Waals surface area (Å²) in [7, 11) is 0. The Kier molecular flexibility index (Phi) is 4.99. The van der Waals surface area contributed by atoms with Crippen molar-refractivity contribution < 1.29 is 5.11 Å². The maximum absolute atomic E-state index is 10.2. The average Bonchev–Trinajstić information content (AvgIpc) is 2.37. The van der Waals surface area contributed by atoms with E-state index in [1.165, 1.54) is 0 Å². The van der Waals surface area contributed by atoms with Gasteiger partial charge in [0.15, 0.2) is 0 Å². The highest BCUT2D eigenvalue weighted by Gasteiger charge is 2.11. The maximum Gasteiger partial charge on any atom is 0.0830 e. The molecular weight excluding hydrogens is 326 g/mol. The van der Waals surface area contributed by atoms with Gasteiger partial charge in [0.05, 0.1) is 26.2 Å². The smallest absolute Gasteiger partial charge is 0.0830 e. The number of hydrogen-bond donors (Lipinski definition) is 1. The molecule has 19 heavy (non-hydrogen) atoms. The molecule has 0 aliphatic heterocycles. The van der Waals surface area contributed by atoms with E-state index in [1.807, 2.05) is 6.07 Å². The van der Waals surface area contributed by atoms with Crippen molar-refractivity contribution in [1.82, 2.24) is 0 Å². The van der Waals surface area contributed by atoms with E-state index in [9.17, 15) is 5.11 Å². The van der Waals surface area contributed by atoms with Crippen LogP contribution in [0, 0.1) is 0 Å². The zero-order valence-corrected chi connectivity index (χ0v) is 12.7. The van der Waals surface area contributed by atoms with Gasteiger partial charge in [0.2, 0.25) is 0 Å². The molecule has 0 fully saturated rings. The van der Waals surface area contributed by atoms with Crippen molar-refractivity contribution in [1.29, 1.82) is 0 Å². The summed E-state index contributed by atoms with van der Waals surface area (Å²) in [5.41, 5.74) is 1.61. The first kappa shape index (κ1) is 15.0. The van der Waals surface area contributed by atoms with Crippen molar-refractivity contribution in [3.63, 3.8) is 0 Å². The van der Waals surface area contributed by atoms with Gasteiger partial charge in [-0.2, -0.15) is 0 Å². The van der Waals surface area contributed by atoms with Crippen LogP contribution in [-0.4, -0.2) is 5.11 Å². The van der Waals surface area contributed by atoms with E-state index in [2.05, 4.69) is 0 Å². The molecule has 1 nitrogen and oxygen atoms in total. The van der Waals surface area contributed by atoms with Gasteiger partial charge in [-0.15, -0.1) is 0 Å². The lowest BCUT2D eigenvalue weighted by atomic mass is 10.0. The largest absolute Gasteiger partial charge is 0.388 e. The van der Waals surface area contributed by atoms with Crippen LogP contribution in [0.1, 0.15) is 17.2 Å². The van der Waals surface area contributed by atoms with E-state index in [1.54, 1.807) is 30.3 Å². The quantitative estimate of drug-likeness (QED) is 0.776. The predicted molar refractivity (Wildman–Crippen MR) is 81.6 cm³/mol. The Hall–Kier alpha value is -0.440. The Labute approximate surface area is 131 Å². The van der Waals surface area contributed by atoms with E-state index in [-0.39, 0.29) is 0 Å². The van der Waals surface area contributed by atoms with Gasteiger partial charge in [0.1, 0.15) is 0 Å². The number of aliphatic hydroxyl groups excluding tert-OH is 1. The fourth-order valence-corrected chi connectivity index (χ4v) is 2.35. The summed E-state index contributed by atoms with van der Waals surface area (Å²) in [6.45, 7) is 0. The lowest BCUT2D eigenvalue weighted by Crippen LogP contribution is -2.01. The van der Waals surface area contributed by atoms with Gasteiger partial charge in [0, 0.05) is 6.42 Å². The zero-order chi connectivity index (χ0) is 14.0. The number of halogens is 4. The van der Waals surface area contributed by atoms with Crippen LogP contribution in [0.5, 0.6) is 0 Å². The summed E-state index contributed by atoms with van der Waals surface area (Å²) in [6.07, 6.45) is -0.249. The highest BCUT2D eigenvalue weighted by molar-refractivity contribution is 6.42. The first-order valence-corrected chi connectivity index (χ1v) is 7.05. The molecule has 0 amide bonds. The predicted octanol–water partition coefficient (Wildman–Crippen LogP) is 5.58. The van der Waals surface area contributed by atoms with Gasteiger partial charge in [-0.3, -0.25) is 0 Å².